The van der Waals surface area contributed by atoms with E-state index in [-0.39, 0.29) is 6.61 Å². The molecular formula is C12H22N4OS. The van der Waals surface area contributed by atoms with E-state index in [1.165, 1.54) is 11.8 Å². The topological polar surface area (TPSA) is 61.3 Å². The summed E-state index contributed by atoms with van der Waals surface area (Å²) in [5, 5.41) is 12.6. The third-order valence-electron chi connectivity index (χ3n) is 2.67. The van der Waals surface area contributed by atoms with Crippen LogP contribution >= 0.6 is 11.8 Å². The molecule has 1 aromatic rings. The summed E-state index contributed by atoms with van der Waals surface area (Å²) >= 11 is 1.54. The lowest BCUT2D eigenvalue weighted by Gasteiger charge is -2.19. The highest BCUT2D eigenvalue weighted by Crippen LogP contribution is 2.19. The molecule has 6 heteroatoms. The van der Waals surface area contributed by atoms with Gasteiger partial charge in [-0.25, -0.2) is 9.97 Å². The average molecular weight is 270 g/mol. The first-order valence-electron chi connectivity index (χ1n) is 6.14. The van der Waals surface area contributed by atoms with Crippen molar-refractivity contribution in [2.75, 3.05) is 43.7 Å². The molecule has 0 fully saturated rings. The number of hydrogen-bond acceptors (Lipinski definition) is 6. The van der Waals surface area contributed by atoms with Crippen molar-refractivity contribution in [3.8, 4) is 0 Å². The molecular weight excluding hydrogens is 248 g/mol. The molecule has 0 atom stereocenters. The van der Waals surface area contributed by atoms with E-state index >= 15 is 0 Å². The molecule has 0 amide bonds. The second kappa shape index (κ2) is 8.16. The zero-order valence-corrected chi connectivity index (χ0v) is 12.1. The molecule has 0 unspecified atom stereocenters. The number of nitrogens with one attached hydrogen (secondary N) is 1. The minimum Gasteiger partial charge on any atom is -0.396 e. The van der Waals surface area contributed by atoms with Crippen molar-refractivity contribution in [2.24, 2.45) is 0 Å². The zero-order valence-electron chi connectivity index (χ0n) is 11.3. The maximum atomic E-state index is 8.74. The normalized spacial score (nSPS) is 10.4. The van der Waals surface area contributed by atoms with Crippen molar-refractivity contribution in [1.82, 2.24) is 9.97 Å². The number of unbranched alkanes of at least 4 members (excludes halogenated alkanes) is 2. The lowest BCUT2D eigenvalue weighted by Crippen LogP contribution is -2.20. The fourth-order valence-corrected chi connectivity index (χ4v) is 1.95. The van der Waals surface area contributed by atoms with Crippen molar-refractivity contribution >= 4 is 23.4 Å². The third kappa shape index (κ3) is 4.70. The van der Waals surface area contributed by atoms with Gasteiger partial charge in [0.15, 0.2) is 5.16 Å². The third-order valence-corrected chi connectivity index (χ3v) is 3.22. The zero-order chi connectivity index (χ0) is 13.4. The second-order valence-electron chi connectivity index (χ2n) is 4.05. The van der Waals surface area contributed by atoms with Gasteiger partial charge in [-0.2, -0.15) is 0 Å². The Kier molecular flexibility index (Phi) is 6.82. The summed E-state index contributed by atoms with van der Waals surface area (Å²) in [6, 6.07) is 1.95. The molecule has 0 saturated carbocycles. The first kappa shape index (κ1) is 15.0. The number of anilines is 2. The Labute approximate surface area is 113 Å². The van der Waals surface area contributed by atoms with Gasteiger partial charge in [0.1, 0.15) is 11.6 Å². The molecule has 0 aliphatic carbocycles. The Balaban J connectivity index is 2.63. The van der Waals surface area contributed by atoms with Gasteiger partial charge in [-0.3, -0.25) is 0 Å². The van der Waals surface area contributed by atoms with E-state index < -0.39 is 0 Å². The van der Waals surface area contributed by atoms with Crippen LogP contribution in [0.2, 0.25) is 0 Å². The van der Waals surface area contributed by atoms with Crippen LogP contribution < -0.4 is 10.2 Å². The van der Waals surface area contributed by atoms with Gasteiger partial charge in [0, 0.05) is 33.3 Å². The highest BCUT2D eigenvalue weighted by molar-refractivity contribution is 7.98. The van der Waals surface area contributed by atoms with Gasteiger partial charge in [-0.15, -0.1) is 0 Å². The van der Waals surface area contributed by atoms with Gasteiger partial charge in [-0.05, 0) is 25.5 Å². The number of aliphatic hydroxyl groups is 1. The van der Waals surface area contributed by atoms with Gasteiger partial charge in [0.25, 0.3) is 0 Å². The predicted molar refractivity (Wildman–Crippen MR) is 77.6 cm³/mol. The van der Waals surface area contributed by atoms with Crippen LogP contribution in [0.4, 0.5) is 11.6 Å². The number of rotatable bonds is 8. The molecule has 2 N–H and O–H groups in total. The molecule has 0 saturated heterocycles. The highest BCUT2D eigenvalue weighted by atomic mass is 32.2. The quantitative estimate of drug-likeness (QED) is 0.427. The lowest BCUT2D eigenvalue weighted by molar-refractivity contribution is 0.283. The van der Waals surface area contributed by atoms with E-state index in [4.69, 9.17) is 5.11 Å². The molecule has 102 valence electrons. The summed E-state index contributed by atoms with van der Waals surface area (Å²) in [7, 11) is 3.89. The molecule has 0 bridgehead atoms. The Morgan fingerprint density at radius 3 is 2.72 bits per heavy atom. The molecule has 1 rings (SSSR count). The van der Waals surface area contributed by atoms with E-state index in [9.17, 15) is 0 Å². The molecule has 0 aliphatic rings. The molecule has 0 radical (unpaired) electrons. The summed E-state index contributed by atoms with van der Waals surface area (Å²) < 4.78 is 0. The Bertz CT molecular complexity index is 340. The molecule has 18 heavy (non-hydrogen) atoms. The van der Waals surface area contributed by atoms with E-state index in [2.05, 4.69) is 20.2 Å². The van der Waals surface area contributed by atoms with Crippen molar-refractivity contribution in [3.63, 3.8) is 0 Å². The standard InChI is InChI=1S/C12H22N4OS/c1-13-10-9-11(15-12(14-10)18-3)16(2)7-5-4-6-8-17/h9,17H,4-8H2,1-3H3,(H,13,14,15). The van der Waals surface area contributed by atoms with Crippen LogP contribution in [-0.4, -0.2) is 48.6 Å². The van der Waals surface area contributed by atoms with Crippen LogP contribution in [0.5, 0.6) is 0 Å². The molecule has 0 aliphatic heterocycles. The number of hydrogen-bond donors (Lipinski definition) is 2. The van der Waals surface area contributed by atoms with Gasteiger partial charge in [-0.1, -0.05) is 11.8 Å². The maximum Gasteiger partial charge on any atom is 0.191 e. The first-order chi connectivity index (χ1) is 8.71. The van der Waals surface area contributed by atoms with Crippen molar-refractivity contribution in [3.05, 3.63) is 6.07 Å². The van der Waals surface area contributed by atoms with Gasteiger partial charge < -0.3 is 15.3 Å². The van der Waals surface area contributed by atoms with E-state index in [1.54, 1.807) is 0 Å². The Hall–Kier alpha value is -1.01. The highest BCUT2D eigenvalue weighted by Gasteiger charge is 2.07. The fraction of sp³-hybridized carbons (Fsp3) is 0.667. The minimum atomic E-state index is 0.276. The fourth-order valence-electron chi connectivity index (χ4n) is 1.58. The summed E-state index contributed by atoms with van der Waals surface area (Å²) in [6.07, 6.45) is 4.94. The van der Waals surface area contributed by atoms with Crippen LogP contribution in [-0.2, 0) is 0 Å². The summed E-state index contributed by atoms with van der Waals surface area (Å²) in [6.45, 7) is 1.21. The first-order valence-corrected chi connectivity index (χ1v) is 7.36. The summed E-state index contributed by atoms with van der Waals surface area (Å²) in [4.78, 5) is 11.0. The number of nitrogens with zero attached hydrogens (tertiary/aromatic N) is 3. The maximum absolute atomic E-state index is 8.74. The molecule has 0 aromatic carbocycles. The summed E-state index contributed by atoms with van der Waals surface area (Å²) in [5.74, 6) is 1.77. The smallest absolute Gasteiger partial charge is 0.191 e. The molecule has 1 heterocycles. The Morgan fingerprint density at radius 2 is 2.11 bits per heavy atom. The second-order valence-corrected chi connectivity index (χ2v) is 4.83. The number of thioether (sulfide) groups is 1. The molecule has 0 spiro atoms. The van der Waals surface area contributed by atoms with E-state index in [1.807, 2.05) is 26.4 Å². The van der Waals surface area contributed by atoms with Gasteiger partial charge in [0.05, 0.1) is 0 Å². The SMILES string of the molecule is CNc1cc(N(C)CCCCCO)nc(SC)n1. The lowest BCUT2D eigenvalue weighted by atomic mass is 10.2. The van der Waals surface area contributed by atoms with Crippen LogP contribution in [0.25, 0.3) is 0 Å². The largest absolute Gasteiger partial charge is 0.396 e. The summed E-state index contributed by atoms with van der Waals surface area (Å²) in [5.41, 5.74) is 0. The average Bonchev–Trinajstić information content (AvgIpc) is 2.42. The monoisotopic (exact) mass is 270 g/mol. The van der Waals surface area contributed by atoms with E-state index in [0.29, 0.717) is 0 Å². The van der Waals surface area contributed by atoms with Gasteiger partial charge >= 0.3 is 0 Å². The number of aliphatic hydroxyl groups excluding tert-OH is 1. The number of aromatic nitrogens is 2. The van der Waals surface area contributed by atoms with Crippen molar-refractivity contribution < 1.29 is 5.11 Å². The van der Waals surface area contributed by atoms with Gasteiger partial charge in [0.2, 0.25) is 0 Å². The Morgan fingerprint density at radius 1 is 1.33 bits per heavy atom. The molecule has 1 aromatic heterocycles. The van der Waals surface area contributed by atoms with Crippen LogP contribution in [0, 0.1) is 0 Å². The van der Waals surface area contributed by atoms with Crippen molar-refractivity contribution in [2.45, 2.75) is 24.4 Å². The van der Waals surface area contributed by atoms with Crippen LogP contribution in [0.3, 0.4) is 0 Å². The van der Waals surface area contributed by atoms with Crippen molar-refractivity contribution in [1.29, 1.82) is 0 Å². The van der Waals surface area contributed by atoms with Crippen LogP contribution in [0.15, 0.2) is 11.2 Å². The van der Waals surface area contributed by atoms with E-state index in [0.717, 1.165) is 42.6 Å². The molecule has 5 nitrogen and oxygen atoms in total. The predicted octanol–water partition coefficient (Wildman–Crippen LogP) is 1.84. The van der Waals surface area contributed by atoms with Crippen LogP contribution in [0.1, 0.15) is 19.3 Å². The minimum absolute atomic E-state index is 0.276.